The molecule has 10 heavy (non-hydrogen) atoms. The first-order valence-electron chi connectivity index (χ1n) is 3.58. The molecule has 2 rings (SSSR count). The molecule has 0 bridgehead atoms. The fourth-order valence-electron chi connectivity index (χ4n) is 1.33. The van der Waals surface area contributed by atoms with Gasteiger partial charge in [0.15, 0.2) is 0 Å². The molecule has 0 radical (unpaired) electrons. The van der Waals surface area contributed by atoms with E-state index in [1.807, 2.05) is 6.07 Å². The highest BCUT2D eigenvalue weighted by Crippen LogP contribution is 2.20. The van der Waals surface area contributed by atoms with Crippen LogP contribution in [-0.2, 0) is 0 Å². The van der Waals surface area contributed by atoms with E-state index in [0.717, 1.165) is 18.8 Å². The number of rotatable bonds is 1. The zero-order chi connectivity index (χ0) is 6.81. The predicted molar refractivity (Wildman–Crippen MR) is 36.7 cm³/mol. The van der Waals surface area contributed by atoms with Gasteiger partial charge >= 0.3 is 0 Å². The fourth-order valence-corrected chi connectivity index (χ4v) is 1.33. The van der Waals surface area contributed by atoms with E-state index in [1.54, 1.807) is 6.20 Å². The van der Waals surface area contributed by atoms with Crippen molar-refractivity contribution in [2.75, 3.05) is 13.1 Å². The third kappa shape index (κ3) is 0.926. The van der Waals surface area contributed by atoms with Crippen molar-refractivity contribution < 1.29 is 4.52 Å². The first kappa shape index (κ1) is 5.92. The normalized spacial score (nSPS) is 25.4. The summed E-state index contributed by atoms with van der Waals surface area (Å²) in [4.78, 5) is 0. The van der Waals surface area contributed by atoms with E-state index in [2.05, 4.69) is 10.5 Å². The lowest BCUT2D eigenvalue weighted by molar-refractivity contribution is 0.365. The smallest absolute Gasteiger partial charge is 0.141 e. The Kier molecular flexibility index (Phi) is 1.43. The molecule has 3 heteroatoms. The van der Waals surface area contributed by atoms with Gasteiger partial charge in [0.2, 0.25) is 0 Å². The van der Waals surface area contributed by atoms with Gasteiger partial charge in [-0.15, -0.1) is 0 Å². The summed E-state index contributed by atoms with van der Waals surface area (Å²) in [6.07, 6.45) is 2.88. The zero-order valence-electron chi connectivity index (χ0n) is 5.71. The van der Waals surface area contributed by atoms with Crippen LogP contribution in [0.5, 0.6) is 0 Å². The molecule has 0 aromatic carbocycles. The molecule has 0 saturated carbocycles. The van der Waals surface area contributed by atoms with Crippen LogP contribution < -0.4 is 5.32 Å². The molecule has 1 aliphatic heterocycles. The van der Waals surface area contributed by atoms with Gasteiger partial charge in [-0.2, -0.15) is 0 Å². The maximum Gasteiger partial charge on any atom is 0.141 e. The SMILES string of the molecule is c1cc(C2CCNC2)on1. The van der Waals surface area contributed by atoms with E-state index in [1.165, 1.54) is 6.42 Å². The van der Waals surface area contributed by atoms with E-state index in [9.17, 15) is 0 Å². The molecule has 3 nitrogen and oxygen atoms in total. The van der Waals surface area contributed by atoms with Crippen molar-refractivity contribution >= 4 is 0 Å². The van der Waals surface area contributed by atoms with Gasteiger partial charge < -0.3 is 9.84 Å². The second-order valence-electron chi connectivity index (χ2n) is 2.60. The van der Waals surface area contributed by atoms with Crippen LogP contribution in [0.1, 0.15) is 18.1 Å². The topological polar surface area (TPSA) is 38.1 Å². The van der Waals surface area contributed by atoms with Gasteiger partial charge in [-0.25, -0.2) is 0 Å². The Morgan fingerprint density at radius 1 is 1.70 bits per heavy atom. The van der Waals surface area contributed by atoms with Crippen LogP contribution >= 0.6 is 0 Å². The lowest BCUT2D eigenvalue weighted by Gasteiger charge is -1.99. The summed E-state index contributed by atoms with van der Waals surface area (Å²) < 4.78 is 5.03. The van der Waals surface area contributed by atoms with Crippen molar-refractivity contribution in [1.29, 1.82) is 0 Å². The van der Waals surface area contributed by atoms with Crippen LogP contribution in [0.2, 0.25) is 0 Å². The van der Waals surface area contributed by atoms with Crippen LogP contribution in [-0.4, -0.2) is 18.2 Å². The highest BCUT2D eigenvalue weighted by Gasteiger charge is 2.18. The maximum absolute atomic E-state index is 5.03. The van der Waals surface area contributed by atoms with Crippen LogP contribution in [0.3, 0.4) is 0 Å². The highest BCUT2D eigenvalue weighted by atomic mass is 16.5. The molecule has 1 fully saturated rings. The summed E-state index contributed by atoms with van der Waals surface area (Å²) in [6, 6.07) is 1.94. The van der Waals surface area contributed by atoms with E-state index < -0.39 is 0 Å². The van der Waals surface area contributed by atoms with Gasteiger partial charge in [0, 0.05) is 18.5 Å². The molecule has 1 N–H and O–H groups in total. The van der Waals surface area contributed by atoms with Crippen LogP contribution in [0.4, 0.5) is 0 Å². The molecule has 0 aliphatic carbocycles. The summed E-state index contributed by atoms with van der Waals surface area (Å²) in [6.45, 7) is 2.14. The first-order valence-corrected chi connectivity index (χ1v) is 3.58. The van der Waals surface area contributed by atoms with Crippen molar-refractivity contribution in [3.05, 3.63) is 18.0 Å². The average molecular weight is 138 g/mol. The summed E-state index contributed by atoms with van der Waals surface area (Å²) >= 11 is 0. The van der Waals surface area contributed by atoms with E-state index in [0.29, 0.717) is 5.92 Å². The molecule has 0 spiro atoms. The van der Waals surface area contributed by atoms with Crippen molar-refractivity contribution in [2.24, 2.45) is 0 Å². The Balaban J connectivity index is 2.12. The van der Waals surface area contributed by atoms with Gasteiger partial charge in [-0.3, -0.25) is 0 Å². The number of aromatic nitrogens is 1. The average Bonchev–Trinajstić information content (AvgIpc) is 2.59. The summed E-state index contributed by atoms with van der Waals surface area (Å²) in [5, 5.41) is 6.94. The molecular formula is C7H10N2O. The van der Waals surface area contributed by atoms with E-state index >= 15 is 0 Å². The Hall–Kier alpha value is -0.830. The molecule has 1 unspecified atom stereocenters. The number of hydrogen-bond acceptors (Lipinski definition) is 3. The molecule has 2 heterocycles. The molecule has 1 aromatic heterocycles. The third-order valence-corrected chi connectivity index (χ3v) is 1.92. The van der Waals surface area contributed by atoms with Gasteiger partial charge in [-0.1, -0.05) is 5.16 Å². The number of nitrogens with zero attached hydrogens (tertiary/aromatic N) is 1. The lowest BCUT2D eigenvalue weighted by atomic mass is 10.1. The molecule has 1 saturated heterocycles. The Labute approximate surface area is 59.4 Å². The Morgan fingerprint density at radius 3 is 3.30 bits per heavy atom. The van der Waals surface area contributed by atoms with E-state index in [4.69, 9.17) is 4.52 Å². The van der Waals surface area contributed by atoms with Gasteiger partial charge in [0.25, 0.3) is 0 Å². The minimum atomic E-state index is 0.558. The van der Waals surface area contributed by atoms with Crippen molar-refractivity contribution in [3.63, 3.8) is 0 Å². The van der Waals surface area contributed by atoms with Crippen LogP contribution in [0.15, 0.2) is 16.8 Å². The quantitative estimate of drug-likeness (QED) is 0.622. The Morgan fingerprint density at radius 2 is 2.70 bits per heavy atom. The minimum Gasteiger partial charge on any atom is -0.361 e. The van der Waals surface area contributed by atoms with Crippen molar-refractivity contribution in [2.45, 2.75) is 12.3 Å². The second-order valence-corrected chi connectivity index (χ2v) is 2.60. The van der Waals surface area contributed by atoms with Gasteiger partial charge in [-0.05, 0) is 13.0 Å². The maximum atomic E-state index is 5.03. The summed E-state index contributed by atoms with van der Waals surface area (Å²) in [7, 11) is 0. The number of nitrogens with one attached hydrogen (secondary N) is 1. The lowest BCUT2D eigenvalue weighted by Crippen LogP contribution is -2.07. The van der Waals surface area contributed by atoms with E-state index in [-0.39, 0.29) is 0 Å². The minimum absolute atomic E-state index is 0.558. The molecule has 54 valence electrons. The monoisotopic (exact) mass is 138 g/mol. The highest BCUT2D eigenvalue weighted by molar-refractivity contribution is 5.04. The first-order chi connectivity index (χ1) is 4.97. The molecule has 1 atom stereocenters. The van der Waals surface area contributed by atoms with Gasteiger partial charge in [0.1, 0.15) is 5.76 Å². The fraction of sp³-hybridized carbons (Fsp3) is 0.571. The van der Waals surface area contributed by atoms with Crippen molar-refractivity contribution in [3.8, 4) is 0 Å². The Bertz CT molecular complexity index is 189. The second kappa shape index (κ2) is 2.42. The van der Waals surface area contributed by atoms with Crippen LogP contribution in [0.25, 0.3) is 0 Å². The zero-order valence-corrected chi connectivity index (χ0v) is 5.71. The van der Waals surface area contributed by atoms with Crippen molar-refractivity contribution in [1.82, 2.24) is 10.5 Å². The molecular weight excluding hydrogens is 128 g/mol. The molecule has 0 amide bonds. The number of hydrogen-bond donors (Lipinski definition) is 1. The molecule has 1 aromatic rings. The summed E-state index contributed by atoms with van der Waals surface area (Å²) in [5.74, 6) is 1.58. The third-order valence-electron chi connectivity index (χ3n) is 1.92. The van der Waals surface area contributed by atoms with Gasteiger partial charge in [0.05, 0.1) is 6.20 Å². The molecule has 1 aliphatic rings. The largest absolute Gasteiger partial charge is 0.361 e. The predicted octanol–water partition coefficient (Wildman–Crippen LogP) is 0.751. The van der Waals surface area contributed by atoms with Crippen LogP contribution in [0, 0.1) is 0 Å². The standard InChI is InChI=1S/C7H10N2O/c1-3-8-5-6(1)7-2-4-9-10-7/h2,4,6,8H,1,3,5H2. The summed E-state index contributed by atoms with van der Waals surface area (Å²) in [5.41, 5.74) is 0.